The lowest BCUT2D eigenvalue weighted by atomic mass is 9.98. The maximum atomic E-state index is 6.72. The van der Waals surface area contributed by atoms with E-state index in [2.05, 4.69) is 120 Å². The molecule has 8 rings (SSSR count). The van der Waals surface area contributed by atoms with E-state index in [4.69, 9.17) is 4.42 Å². The van der Waals surface area contributed by atoms with Gasteiger partial charge in [-0.2, -0.15) is 0 Å². The van der Waals surface area contributed by atoms with Crippen LogP contribution in [0, 0.1) is 5.92 Å². The second-order valence-corrected chi connectivity index (χ2v) is 10.6. The topological polar surface area (TPSA) is 33.9 Å². The van der Waals surface area contributed by atoms with Crippen LogP contribution in [0.15, 0.2) is 101 Å². The Morgan fingerprint density at radius 1 is 0.730 bits per heavy atom. The quantitative estimate of drug-likeness (QED) is 0.269. The summed E-state index contributed by atoms with van der Waals surface area (Å²) in [6, 6.07) is 34.7. The van der Waals surface area contributed by atoms with Crippen molar-refractivity contribution in [2.24, 2.45) is 5.92 Å². The first-order valence-corrected chi connectivity index (χ1v) is 13.0. The molecule has 0 unspecified atom stereocenters. The first kappa shape index (κ1) is 20.7. The normalized spacial score (nSPS) is 12.4. The number of nitrogens with zero attached hydrogens (tertiary/aromatic N) is 1. The molecule has 3 nitrogen and oxygen atoms in total. The molecule has 178 valence electrons. The van der Waals surface area contributed by atoms with Gasteiger partial charge < -0.3 is 14.0 Å². The largest absolute Gasteiger partial charge is 0.455 e. The second kappa shape index (κ2) is 7.50. The summed E-state index contributed by atoms with van der Waals surface area (Å²) in [6.07, 6.45) is 1.06. The van der Waals surface area contributed by atoms with Crippen molar-refractivity contribution in [3.63, 3.8) is 0 Å². The first-order chi connectivity index (χ1) is 18.2. The predicted molar refractivity (Wildman–Crippen MR) is 156 cm³/mol. The number of aromatic amines is 1. The highest BCUT2D eigenvalue weighted by atomic mass is 16.3. The molecule has 0 bridgehead atoms. The summed E-state index contributed by atoms with van der Waals surface area (Å²) < 4.78 is 9.11. The summed E-state index contributed by atoms with van der Waals surface area (Å²) in [6.45, 7) is 4.56. The van der Waals surface area contributed by atoms with Gasteiger partial charge in [-0.25, -0.2) is 0 Å². The first-order valence-electron chi connectivity index (χ1n) is 13.0. The maximum Gasteiger partial charge on any atom is 0.146 e. The van der Waals surface area contributed by atoms with Crippen molar-refractivity contribution < 1.29 is 4.42 Å². The fraction of sp³-hybridized carbons (Fsp3) is 0.118. The van der Waals surface area contributed by atoms with Crippen molar-refractivity contribution in [3.8, 4) is 5.69 Å². The van der Waals surface area contributed by atoms with Crippen LogP contribution in [0.4, 0.5) is 0 Å². The predicted octanol–water partition coefficient (Wildman–Crippen LogP) is 9.52. The monoisotopic (exact) mass is 478 g/mol. The SMILES string of the molecule is CC(C)Cc1ccc2[nH]c3c(c2c1)c1c2ccccc2oc1c1c2ccccc2n(-c2ccccc2)c31. The lowest BCUT2D eigenvalue weighted by molar-refractivity contribution is 0.648. The maximum absolute atomic E-state index is 6.72. The van der Waals surface area contributed by atoms with Gasteiger partial charge in [0.2, 0.25) is 0 Å². The van der Waals surface area contributed by atoms with Crippen LogP contribution in [0.25, 0.3) is 71.2 Å². The van der Waals surface area contributed by atoms with Crippen molar-refractivity contribution in [2.75, 3.05) is 0 Å². The van der Waals surface area contributed by atoms with E-state index >= 15 is 0 Å². The molecule has 0 fully saturated rings. The molecule has 0 aliphatic heterocycles. The molecule has 37 heavy (non-hydrogen) atoms. The average molecular weight is 479 g/mol. The van der Waals surface area contributed by atoms with Gasteiger partial charge in [-0.15, -0.1) is 0 Å². The van der Waals surface area contributed by atoms with Crippen molar-refractivity contribution in [1.29, 1.82) is 0 Å². The number of furan rings is 1. The number of rotatable bonds is 3. The Kier molecular flexibility index (Phi) is 4.19. The number of nitrogens with one attached hydrogen (secondary N) is 1. The minimum absolute atomic E-state index is 0.602. The van der Waals surface area contributed by atoms with Crippen molar-refractivity contribution >= 4 is 65.6 Å². The van der Waals surface area contributed by atoms with Gasteiger partial charge in [0.05, 0.1) is 21.9 Å². The van der Waals surface area contributed by atoms with E-state index in [0.29, 0.717) is 5.92 Å². The number of hydrogen-bond donors (Lipinski definition) is 1. The molecule has 8 aromatic rings. The number of H-pyrrole nitrogens is 1. The van der Waals surface area contributed by atoms with Crippen LogP contribution >= 0.6 is 0 Å². The highest BCUT2D eigenvalue weighted by Gasteiger charge is 2.25. The van der Waals surface area contributed by atoms with Gasteiger partial charge in [0, 0.05) is 38.1 Å². The molecule has 0 spiro atoms. The Bertz CT molecular complexity index is 2140. The van der Waals surface area contributed by atoms with E-state index in [9.17, 15) is 0 Å². The molecule has 3 aromatic heterocycles. The zero-order chi connectivity index (χ0) is 24.7. The Labute approximate surface area is 213 Å². The number of benzene rings is 5. The van der Waals surface area contributed by atoms with Gasteiger partial charge in [-0.3, -0.25) is 0 Å². The molecule has 0 aliphatic carbocycles. The van der Waals surface area contributed by atoms with E-state index in [0.717, 1.165) is 50.6 Å². The fourth-order valence-electron chi connectivity index (χ4n) is 6.30. The summed E-state index contributed by atoms with van der Waals surface area (Å²) in [4.78, 5) is 3.86. The summed E-state index contributed by atoms with van der Waals surface area (Å²) in [5, 5.41) is 7.22. The van der Waals surface area contributed by atoms with Crippen LogP contribution in [0.2, 0.25) is 0 Å². The van der Waals surface area contributed by atoms with E-state index in [-0.39, 0.29) is 0 Å². The second-order valence-electron chi connectivity index (χ2n) is 10.6. The Morgan fingerprint density at radius 3 is 2.32 bits per heavy atom. The Morgan fingerprint density at radius 2 is 1.49 bits per heavy atom. The molecule has 5 aromatic carbocycles. The molecular formula is C34H26N2O. The molecule has 3 heteroatoms. The van der Waals surface area contributed by atoms with Crippen LogP contribution in [-0.2, 0) is 6.42 Å². The minimum Gasteiger partial charge on any atom is -0.455 e. The average Bonchev–Trinajstić information content (AvgIpc) is 3.58. The highest BCUT2D eigenvalue weighted by Crippen LogP contribution is 2.47. The highest BCUT2D eigenvalue weighted by molar-refractivity contribution is 6.38. The summed E-state index contributed by atoms with van der Waals surface area (Å²) >= 11 is 0. The van der Waals surface area contributed by atoms with Gasteiger partial charge >= 0.3 is 0 Å². The van der Waals surface area contributed by atoms with Crippen LogP contribution in [-0.4, -0.2) is 9.55 Å². The zero-order valence-corrected chi connectivity index (χ0v) is 20.9. The van der Waals surface area contributed by atoms with Crippen LogP contribution in [0.3, 0.4) is 0 Å². The zero-order valence-electron chi connectivity index (χ0n) is 20.9. The molecule has 0 atom stereocenters. The molecule has 0 amide bonds. The molecular weight excluding hydrogens is 452 g/mol. The number of aromatic nitrogens is 2. The van der Waals surface area contributed by atoms with Gasteiger partial charge in [0.1, 0.15) is 11.2 Å². The molecule has 1 N–H and O–H groups in total. The van der Waals surface area contributed by atoms with Crippen molar-refractivity contribution in [1.82, 2.24) is 9.55 Å². The summed E-state index contributed by atoms with van der Waals surface area (Å²) in [5.74, 6) is 0.602. The third-order valence-electron chi connectivity index (χ3n) is 7.71. The third kappa shape index (κ3) is 2.83. The van der Waals surface area contributed by atoms with Gasteiger partial charge in [0.25, 0.3) is 0 Å². The molecule has 0 saturated heterocycles. The standard InChI is InChI=1S/C34H26N2O/c1-20(2)18-21-16-17-26-25(19-21)29-30-24-13-7-9-15-28(24)37-34(30)31-23-12-6-8-14-27(23)36(33(31)32(29)35-26)22-10-4-3-5-11-22/h3-17,19-20,35H,18H2,1-2H3. The van der Waals surface area contributed by atoms with E-state index in [1.165, 1.54) is 32.6 Å². The molecule has 0 aliphatic rings. The number of hydrogen-bond acceptors (Lipinski definition) is 1. The smallest absolute Gasteiger partial charge is 0.146 e. The third-order valence-corrected chi connectivity index (χ3v) is 7.71. The lowest BCUT2D eigenvalue weighted by Crippen LogP contribution is -1.94. The van der Waals surface area contributed by atoms with Gasteiger partial charge in [-0.1, -0.05) is 74.5 Å². The van der Waals surface area contributed by atoms with Crippen LogP contribution in [0.5, 0.6) is 0 Å². The number of fused-ring (bicyclic) bond motifs is 12. The number of para-hydroxylation sites is 3. The molecule has 3 heterocycles. The van der Waals surface area contributed by atoms with E-state index in [1.54, 1.807) is 0 Å². The van der Waals surface area contributed by atoms with Crippen molar-refractivity contribution in [3.05, 3.63) is 103 Å². The van der Waals surface area contributed by atoms with Crippen LogP contribution in [0.1, 0.15) is 19.4 Å². The molecule has 0 radical (unpaired) electrons. The van der Waals surface area contributed by atoms with Gasteiger partial charge in [-0.05, 0) is 54.3 Å². The lowest BCUT2D eigenvalue weighted by Gasteiger charge is -2.09. The summed E-state index contributed by atoms with van der Waals surface area (Å²) in [5.41, 5.74) is 9.06. The molecule has 0 saturated carbocycles. The minimum atomic E-state index is 0.602. The van der Waals surface area contributed by atoms with Crippen LogP contribution < -0.4 is 0 Å². The summed E-state index contributed by atoms with van der Waals surface area (Å²) in [7, 11) is 0. The van der Waals surface area contributed by atoms with Gasteiger partial charge in [0.15, 0.2) is 0 Å². The fourth-order valence-corrected chi connectivity index (χ4v) is 6.30. The van der Waals surface area contributed by atoms with E-state index in [1.807, 2.05) is 0 Å². The van der Waals surface area contributed by atoms with Crippen molar-refractivity contribution in [2.45, 2.75) is 20.3 Å². The Balaban J connectivity index is 1.69. The Hall–Kier alpha value is -4.50. The van der Waals surface area contributed by atoms with E-state index < -0.39 is 0 Å².